The Morgan fingerprint density at radius 1 is 1.10 bits per heavy atom. The summed E-state index contributed by atoms with van der Waals surface area (Å²) >= 11 is 1.79. The van der Waals surface area contributed by atoms with Crippen molar-refractivity contribution in [3.05, 3.63) is 95.7 Å². The summed E-state index contributed by atoms with van der Waals surface area (Å²) in [7, 11) is 2.12. The number of hydrogen-bond acceptors (Lipinski definition) is 5. The van der Waals surface area contributed by atoms with Gasteiger partial charge >= 0.3 is 0 Å². The number of carbonyl (C=O) groups excluding carboxylic acids is 1. The Morgan fingerprint density at radius 3 is 2.74 bits per heavy atom. The summed E-state index contributed by atoms with van der Waals surface area (Å²) in [6.45, 7) is 3.75. The minimum absolute atomic E-state index is 0.0551. The predicted octanol–water partition coefficient (Wildman–Crippen LogP) is 6.93. The lowest BCUT2D eigenvalue weighted by Gasteiger charge is -2.37. The summed E-state index contributed by atoms with van der Waals surface area (Å²) in [4.78, 5) is 21.9. The van der Waals surface area contributed by atoms with E-state index in [0.29, 0.717) is 18.2 Å². The van der Waals surface area contributed by atoms with Gasteiger partial charge in [0.05, 0.1) is 11.1 Å². The van der Waals surface area contributed by atoms with E-state index in [1.54, 1.807) is 11.3 Å². The van der Waals surface area contributed by atoms with E-state index in [1.807, 2.05) is 37.4 Å². The van der Waals surface area contributed by atoms with Crippen LogP contribution in [0.15, 0.2) is 79.0 Å². The molecule has 196 valence electrons. The molecule has 1 aliphatic carbocycles. The van der Waals surface area contributed by atoms with Crippen molar-refractivity contribution in [2.75, 3.05) is 20.2 Å². The van der Waals surface area contributed by atoms with Crippen LogP contribution in [-0.2, 0) is 5.54 Å². The molecule has 5 aromatic rings. The fourth-order valence-corrected chi connectivity index (χ4v) is 6.67. The van der Waals surface area contributed by atoms with Crippen molar-refractivity contribution >= 4 is 38.2 Å². The van der Waals surface area contributed by atoms with E-state index in [1.165, 1.54) is 15.0 Å². The number of likely N-dealkylation sites (N-methyl/N-ethyl adjacent to an activating group) is 1. The Labute approximate surface area is 232 Å². The fourth-order valence-electron chi connectivity index (χ4n) is 5.62. The van der Waals surface area contributed by atoms with Crippen LogP contribution in [0, 0.1) is 6.92 Å². The van der Waals surface area contributed by atoms with Gasteiger partial charge in [-0.3, -0.25) is 14.7 Å². The summed E-state index contributed by atoms with van der Waals surface area (Å²) < 4.78 is 7.34. The first kappa shape index (κ1) is 24.3. The lowest BCUT2D eigenvalue weighted by Crippen LogP contribution is -2.48. The fraction of sp³-hybridized carbons (Fsp3) is 0.273. The summed E-state index contributed by atoms with van der Waals surface area (Å²) in [6, 6.07) is 25.6. The smallest absolute Gasteiger partial charge is 0.252 e. The zero-order chi connectivity index (χ0) is 26.6. The van der Waals surface area contributed by atoms with E-state index < -0.39 is 5.54 Å². The highest BCUT2D eigenvalue weighted by Crippen LogP contribution is 2.49. The highest BCUT2D eigenvalue weighted by atomic mass is 32.1. The van der Waals surface area contributed by atoms with Gasteiger partial charge in [-0.05, 0) is 104 Å². The highest BCUT2D eigenvalue weighted by molar-refractivity contribution is 7.22. The van der Waals surface area contributed by atoms with Crippen molar-refractivity contribution in [3.8, 4) is 16.2 Å². The predicted molar refractivity (Wildman–Crippen MR) is 159 cm³/mol. The Bertz CT molecular complexity index is 1690. The van der Waals surface area contributed by atoms with Gasteiger partial charge in [0.1, 0.15) is 12.4 Å². The molecule has 0 unspecified atom stereocenters. The van der Waals surface area contributed by atoms with E-state index in [0.717, 1.165) is 59.2 Å². The SMILES string of the molecule is Cc1ccc(OC[C@@H]2CCN2C)cc1C(=O)NC1(c2cc(-c3cc4ccccc4s3)cc3ncccc23)CC1. The normalized spacial score (nSPS) is 18.2. The lowest BCUT2D eigenvalue weighted by molar-refractivity contribution is 0.0767. The Balaban J connectivity index is 1.21. The minimum atomic E-state index is -0.400. The van der Waals surface area contributed by atoms with E-state index in [9.17, 15) is 4.79 Å². The van der Waals surface area contributed by atoms with E-state index in [-0.39, 0.29) is 5.91 Å². The Hall–Kier alpha value is -3.74. The van der Waals surface area contributed by atoms with Crippen LogP contribution < -0.4 is 10.1 Å². The van der Waals surface area contributed by atoms with Gasteiger partial charge in [-0.25, -0.2) is 0 Å². The van der Waals surface area contributed by atoms with Crippen LogP contribution >= 0.6 is 11.3 Å². The monoisotopic (exact) mass is 533 g/mol. The molecule has 7 rings (SSSR count). The molecule has 39 heavy (non-hydrogen) atoms. The molecule has 0 radical (unpaired) electrons. The molecular weight excluding hydrogens is 502 g/mol. The van der Waals surface area contributed by atoms with Crippen molar-refractivity contribution in [2.45, 2.75) is 37.8 Å². The van der Waals surface area contributed by atoms with Gasteiger partial charge in [0, 0.05) is 32.8 Å². The van der Waals surface area contributed by atoms with Gasteiger partial charge in [0.25, 0.3) is 5.91 Å². The summed E-state index contributed by atoms with van der Waals surface area (Å²) in [5.41, 5.74) is 4.46. The van der Waals surface area contributed by atoms with Crippen LogP contribution in [-0.4, -0.2) is 42.0 Å². The number of fused-ring (bicyclic) bond motifs is 2. The van der Waals surface area contributed by atoms with Crippen molar-refractivity contribution < 1.29 is 9.53 Å². The molecule has 2 aliphatic rings. The number of likely N-dealkylation sites (tertiary alicyclic amines) is 1. The summed E-state index contributed by atoms with van der Waals surface area (Å²) in [5, 5.41) is 5.77. The van der Waals surface area contributed by atoms with Crippen LogP contribution in [0.2, 0.25) is 0 Å². The average molecular weight is 534 g/mol. The minimum Gasteiger partial charge on any atom is -0.492 e. The maximum absolute atomic E-state index is 13.7. The molecular formula is C33H31N3O2S. The largest absolute Gasteiger partial charge is 0.492 e. The Morgan fingerprint density at radius 2 is 1.97 bits per heavy atom. The second kappa shape index (κ2) is 9.47. The number of aryl methyl sites for hydroxylation is 1. The number of aromatic nitrogens is 1. The first-order valence-corrected chi connectivity index (χ1v) is 14.5. The molecule has 2 fully saturated rings. The molecule has 1 saturated heterocycles. The lowest BCUT2D eigenvalue weighted by atomic mass is 9.95. The zero-order valence-corrected chi connectivity index (χ0v) is 23.1. The van der Waals surface area contributed by atoms with E-state index in [2.05, 4.69) is 65.8 Å². The third kappa shape index (κ3) is 4.48. The molecule has 2 aromatic heterocycles. The summed E-state index contributed by atoms with van der Waals surface area (Å²) in [5.74, 6) is 0.692. The number of benzene rings is 3. The number of nitrogens with zero attached hydrogens (tertiary/aromatic N) is 2. The van der Waals surface area contributed by atoms with Crippen molar-refractivity contribution in [3.63, 3.8) is 0 Å². The number of carbonyl (C=O) groups is 1. The van der Waals surface area contributed by atoms with Crippen molar-refractivity contribution in [1.29, 1.82) is 0 Å². The quantitative estimate of drug-likeness (QED) is 0.247. The van der Waals surface area contributed by atoms with Crippen molar-refractivity contribution in [2.24, 2.45) is 0 Å². The second-order valence-corrected chi connectivity index (χ2v) is 12.1. The van der Waals surface area contributed by atoms with Gasteiger partial charge in [-0.1, -0.05) is 30.3 Å². The first-order valence-electron chi connectivity index (χ1n) is 13.6. The molecule has 3 heterocycles. The van der Waals surface area contributed by atoms with Gasteiger partial charge in [-0.15, -0.1) is 11.3 Å². The average Bonchev–Trinajstić information content (AvgIpc) is 3.59. The number of thiophene rings is 1. The topological polar surface area (TPSA) is 54.5 Å². The molecule has 1 saturated carbocycles. The molecule has 6 heteroatoms. The number of hydrogen-bond donors (Lipinski definition) is 1. The van der Waals surface area contributed by atoms with Gasteiger partial charge < -0.3 is 10.1 Å². The molecule has 1 atom stereocenters. The number of ether oxygens (including phenoxy) is 1. The van der Waals surface area contributed by atoms with Crippen LogP contribution in [0.4, 0.5) is 0 Å². The molecule has 5 nitrogen and oxygen atoms in total. The molecule has 0 bridgehead atoms. The number of rotatable bonds is 7. The third-order valence-corrected chi connectivity index (χ3v) is 9.55. The summed E-state index contributed by atoms with van der Waals surface area (Å²) in [6.07, 6.45) is 4.81. The Kier molecular flexibility index (Phi) is 5.90. The van der Waals surface area contributed by atoms with Gasteiger partial charge in [0.2, 0.25) is 0 Å². The third-order valence-electron chi connectivity index (χ3n) is 8.38. The first-order chi connectivity index (χ1) is 19.0. The zero-order valence-electron chi connectivity index (χ0n) is 22.2. The van der Waals surface area contributed by atoms with Gasteiger partial charge in [0.15, 0.2) is 0 Å². The van der Waals surface area contributed by atoms with E-state index >= 15 is 0 Å². The number of nitrogens with one attached hydrogen (secondary N) is 1. The van der Waals surface area contributed by atoms with Crippen molar-refractivity contribution in [1.82, 2.24) is 15.2 Å². The maximum Gasteiger partial charge on any atom is 0.252 e. The van der Waals surface area contributed by atoms with Crippen LogP contribution in [0.25, 0.3) is 31.4 Å². The highest BCUT2D eigenvalue weighted by Gasteiger charge is 2.47. The molecule has 1 amide bonds. The maximum atomic E-state index is 13.7. The van der Waals surface area contributed by atoms with Crippen LogP contribution in [0.5, 0.6) is 5.75 Å². The molecule has 1 aliphatic heterocycles. The molecule has 3 aromatic carbocycles. The molecule has 1 N–H and O–H groups in total. The van der Waals surface area contributed by atoms with Crippen LogP contribution in [0.3, 0.4) is 0 Å². The van der Waals surface area contributed by atoms with Crippen LogP contribution in [0.1, 0.15) is 40.7 Å². The number of pyridine rings is 1. The number of amides is 1. The molecule has 0 spiro atoms. The van der Waals surface area contributed by atoms with Gasteiger partial charge in [-0.2, -0.15) is 0 Å². The second-order valence-electron chi connectivity index (χ2n) is 11.0. The van der Waals surface area contributed by atoms with E-state index in [4.69, 9.17) is 9.72 Å². The standard InChI is InChI=1S/C33H31N3O2S/c1-21-9-10-25(38-20-24-11-15-36(24)2)19-27(21)32(37)35-33(12-13-33)28-16-23(17-29-26(28)7-5-14-34-29)31-18-22-6-3-4-8-30(22)39-31/h3-10,14,16-19,24H,11-13,15,20H2,1-2H3,(H,35,37)/t24-/m0/s1.